The van der Waals surface area contributed by atoms with Crippen LogP contribution in [-0.2, 0) is 11.2 Å². The molecule has 0 heterocycles. The van der Waals surface area contributed by atoms with E-state index in [1.165, 1.54) is 22.3 Å². The van der Waals surface area contributed by atoms with Crippen molar-refractivity contribution in [3.63, 3.8) is 0 Å². The van der Waals surface area contributed by atoms with Gasteiger partial charge in [-0.05, 0) is 36.1 Å². The average Bonchev–Trinajstić information content (AvgIpc) is 2.33. The van der Waals surface area contributed by atoms with Crippen molar-refractivity contribution in [2.24, 2.45) is 0 Å². The second-order valence-electron chi connectivity index (χ2n) is 4.38. The predicted octanol–water partition coefficient (Wildman–Crippen LogP) is 3.71. The summed E-state index contributed by atoms with van der Waals surface area (Å²) in [6, 6.07) is 14.7. The van der Waals surface area contributed by atoms with Crippen LogP contribution in [0.2, 0.25) is 0 Å². The van der Waals surface area contributed by atoms with Gasteiger partial charge in [0.1, 0.15) is 6.29 Å². The Morgan fingerprint density at radius 1 is 0.941 bits per heavy atom. The van der Waals surface area contributed by atoms with Crippen LogP contribution in [0.15, 0.2) is 42.5 Å². The van der Waals surface area contributed by atoms with Gasteiger partial charge < -0.3 is 4.79 Å². The van der Waals surface area contributed by atoms with Crippen LogP contribution in [0.3, 0.4) is 0 Å². The van der Waals surface area contributed by atoms with Gasteiger partial charge in [-0.3, -0.25) is 0 Å². The highest BCUT2D eigenvalue weighted by molar-refractivity contribution is 5.66. The molecule has 0 bridgehead atoms. The zero-order valence-corrected chi connectivity index (χ0v) is 10.2. The molecule has 0 radical (unpaired) electrons. The van der Waals surface area contributed by atoms with E-state index in [-0.39, 0.29) is 0 Å². The van der Waals surface area contributed by atoms with Crippen LogP contribution in [0.4, 0.5) is 0 Å². The van der Waals surface area contributed by atoms with Crippen molar-refractivity contribution in [3.8, 4) is 11.1 Å². The fourth-order valence-electron chi connectivity index (χ4n) is 1.94. The van der Waals surface area contributed by atoms with E-state index in [9.17, 15) is 4.79 Å². The lowest BCUT2D eigenvalue weighted by molar-refractivity contribution is -0.107. The third kappa shape index (κ3) is 2.62. The fraction of sp³-hybridized carbons (Fsp3) is 0.188. The summed E-state index contributed by atoms with van der Waals surface area (Å²) in [5.74, 6) is 0. The largest absolute Gasteiger partial charge is 0.303 e. The molecule has 0 N–H and O–H groups in total. The van der Waals surface area contributed by atoms with Gasteiger partial charge in [0, 0.05) is 6.42 Å². The Bertz CT molecular complexity index is 524. The zero-order chi connectivity index (χ0) is 12.3. The Balaban J connectivity index is 2.37. The van der Waals surface area contributed by atoms with Gasteiger partial charge in [-0.1, -0.05) is 48.0 Å². The Kier molecular flexibility index (Phi) is 3.38. The molecule has 0 aliphatic carbocycles. The van der Waals surface area contributed by atoms with Crippen LogP contribution in [0.25, 0.3) is 11.1 Å². The third-order valence-electron chi connectivity index (χ3n) is 3.03. The molecule has 1 nitrogen and oxygen atoms in total. The minimum atomic E-state index is 0.500. The SMILES string of the molecule is Cc1ccc(-c2ccc(CC=O)c(C)c2)cc1. The van der Waals surface area contributed by atoms with E-state index in [4.69, 9.17) is 0 Å². The number of carbonyl (C=O) groups is 1. The third-order valence-corrected chi connectivity index (χ3v) is 3.03. The minimum Gasteiger partial charge on any atom is -0.303 e. The molecule has 2 aromatic rings. The highest BCUT2D eigenvalue weighted by atomic mass is 16.1. The van der Waals surface area contributed by atoms with Gasteiger partial charge in [-0.25, -0.2) is 0 Å². The van der Waals surface area contributed by atoms with E-state index in [1.807, 2.05) is 6.07 Å². The van der Waals surface area contributed by atoms with E-state index in [1.54, 1.807) is 0 Å². The lowest BCUT2D eigenvalue weighted by Crippen LogP contribution is -1.91. The Labute approximate surface area is 102 Å². The van der Waals surface area contributed by atoms with Crippen molar-refractivity contribution in [2.75, 3.05) is 0 Å². The van der Waals surface area contributed by atoms with Crippen molar-refractivity contribution in [3.05, 3.63) is 59.2 Å². The van der Waals surface area contributed by atoms with Crippen molar-refractivity contribution in [1.29, 1.82) is 0 Å². The molecule has 0 amide bonds. The predicted molar refractivity (Wildman–Crippen MR) is 71.1 cm³/mol. The lowest BCUT2D eigenvalue weighted by atomic mass is 9.98. The maximum absolute atomic E-state index is 10.5. The molecule has 2 aromatic carbocycles. The van der Waals surface area contributed by atoms with Crippen LogP contribution < -0.4 is 0 Å². The van der Waals surface area contributed by atoms with Gasteiger partial charge in [0.25, 0.3) is 0 Å². The van der Waals surface area contributed by atoms with Crippen molar-refractivity contribution in [2.45, 2.75) is 20.3 Å². The van der Waals surface area contributed by atoms with E-state index in [2.05, 4.69) is 50.2 Å². The maximum atomic E-state index is 10.5. The summed E-state index contributed by atoms with van der Waals surface area (Å²) < 4.78 is 0. The average molecular weight is 224 g/mol. The molecule has 0 atom stereocenters. The smallest absolute Gasteiger partial charge is 0.124 e. The van der Waals surface area contributed by atoms with Crippen LogP contribution in [0.1, 0.15) is 16.7 Å². The number of benzene rings is 2. The summed E-state index contributed by atoms with van der Waals surface area (Å²) in [7, 11) is 0. The highest BCUT2D eigenvalue weighted by Crippen LogP contribution is 2.22. The molecular formula is C16H16O. The first-order valence-corrected chi connectivity index (χ1v) is 5.81. The molecule has 0 aromatic heterocycles. The molecule has 0 aliphatic heterocycles. The fourth-order valence-corrected chi connectivity index (χ4v) is 1.94. The lowest BCUT2D eigenvalue weighted by Gasteiger charge is -2.07. The summed E-state index contributed by atoms with van der Waals surface area (Å²) >= 11 is 0. The van der Waals surface area contributed by atoms with Crippen LogP contribution >= 0.6 is 0 Å². The number of aryl methyl sites for hydroxylation is 2. The van der Waals surface area contributed by atoms with Gasteiger partial charge in [-0.15, -0.1) is 0 Å². The second kappa shape index (κ2) is 4.96. The molecule has 0 aliphatic rings. The quantitative estimate of drug-likeness (QED) is 0.726. The summed E-state index contributed by atoms with van der Waals surface area (Å²) in [6.07, 6.45) is 1.45. The number of rotatable bonds is 3. The van der Waals surface area contributed by atoms with Gasteiger partial charge in [-0.2, -0.15) is 0 Å². The second-order valence-corrected chi connectivity index (χ2v) is 4.38. The van der Waals surface area contributed by atoms with E-state index in [0.717, 1.165) is 11.8 Å². The van der Waals surface area contributed by atoms with Gasteiger partial charge in [0.2, 0.25) is 0 Å². The molecular weight excluding hydrogens is 208 g/mol. The number of hydrogen-bond donors (Lipinski definition) is 0. The van der Waals surface area contributed by atoms with Crippen molar-refractivity contribution in [1.82, 2.24) is 0 Å². The monoisotopic (exact) mass is 224 g/mol. The normalized spacial score (nSPS) is 10.2. The van der Waals surface area contributed by atoms with Gasteiger partial charge >= 0.3 is 0 Å². The topological polar surface area (TPSA) is 17.1 Å². The number of hydrogen-bond acceptors (Lipinski definition) is 1. The molecule has 86 valence electrons. The van der Waals surface area contributed by atoms with E-state index in [0.29, 0.717) is 6.42 Å². The molecule has 0 unspecified atom stereocenters. The van der Waals surface area contributed by atoms with Crippen molar-refractivity contribution < 1.29 is 4.79 Å². The molecule has 2 rings (SSSR count). The first kappa shape index (κ1) is 11.6. The summed E-state index contributed by atoms with van der Waals surface area (Å²) in [4.78, 5) is 10.5. The minimum absolute atomic E-state index is 0.500. The van der Waals surface area contributed by atoms with Crippen molar-refractivity contribution >= 4 is 6.29 Å². The Morgan fingerprint density at radius 3 is 2.18 bits per heavy atom. The van der Waals surface area contributed by atoms with E-state index < -0.39 is 0 Å². The highest BCUT2D eigenvalue weighted by Gasteiger charge is 2.01. The first-order chi connectivity index (χ1) is 8.20. The Morgan fingerprint density at radius 2 is 1.59 bits per heavy atom. The van der Waals surface area contributed by atoms with Crippen LogP contribution in [0, 0.1) is 13.8 Å². The van der Waals surface area contributed by atoms with Gasteiger partial charge in [0.05, 0.1) is 0 Å². The summed E-state index contributed by atoms with van der Waals surface area (Å²) in [5, 5.41) is 0. The molecule has 0 saturated carbocycles. The molecule has 0 spiro atoms. The number of carbonyl (C=O) groups excluding carboxylic acids is 1. The van der Waals surface area contributed by atoms with E-state index >= 15 is 0 Å². The summed E-state index contributed by atoms with van der Waals surface area (Å²) in [5.41, 5.74) is 5.97. The standard InChI is InChI=1S/C16H16O/c1-12-3-5-15(6-4-12)16-8-7-14(9-10-17)13(2)11-16/h3-8,10-11H,9H2,1-2H3. The molecule has 0 saturated heterocycles. The van der Waals surface area contributed by atoms with Gasteiger partial charge in [0.15, 0.2) is 0 Å². The Hall–Kier alpha value is -1.89. The zero-order valence-electron chi connectivity index (χ0n) is 10.2. The van der Waals surface area contributed by atoms with Crippen LogP contribution in [-0.4, -0.2) is 6.29 Å². The molecule has 1 heteroatoms. The summed E-state index contributed by atoms with van der Waals surface area (Å²) in [6.45, 7) is 4.14. The first-order valence-electron chi connectivity index (χ1n) is 5.81. The molecule has 17 heavy (non-hydrogen) atoms. The maximum Gasteiger partial charge on any atom is 0.124 e. The van der Waals surface area contributed by atoms with Crippen LogP contribution in [0.5, 0.6) is 0 Å². The number of aldehydes is 1. The molecule has 0 fully saturated rings.